The van der Waals surface area contributed by atoms with Gasteiger partial charge in [0.05, 0.1) is 10.6 Å². The molecule has 1 N–H and O–H groups in total. The first-order valence-electron chi connectivity index (χ1n) is 6.43. The van der Waals surface area contributed by atoms with Gasteiger partial charge in [-0.2, -0.15) is 0 Å². The van der Waals surface area contributed by atoms with Gasteiger partial charge in [0.2, 0.25) is 0 Å². The van der Waals surface area contributed by atoms with Gasteiger partial charge in [-0.1, -0.05) is 6.92 Å². The third-order valence-corrected chi connectivity index (χ3v) is 4.83. The summed E-state index contributed by atoms with van der Waals surface area (Å²) in [6.07, 6.45) is 0. The van der Waals surface area contributed by atoms with E-state index in [1.165, 1.54) is 12.1 Å². The summed E-state index contributed by atoms with van der Waals surface area (Å²) in [5, 5.41) is 2.92. The van der Waals surface area contributed by atoms with Crippen molar-refractivity contribution in [2.24, 2.45) is 0 Å². The third kappa shape index (κ3) is 3.78. The van der Waals surface area contributed by atoms with E-state index in [0.29, 0.717) is 5.69 Å². The molecule has 0 atom stereocenters. The minimum atomic E-state index is -3.23. The number of hydrogen-bond acceptors (Lipinski definition) is 3. The lowest BCUT2D eigenvalue weighted by molar-refractivity contribution is 0.587. The predicted molar refractivity (Wildman–Crippen MR) is 77.9 cm³/mol. The van der Waals surface area contributed by atoms with Gasteiger partial charge in [0.25, 0.3) is 0 Å². The van der Waals surface area contributed by atoms with Crippen molar-refractivity contribution in [1.29, 1.82) is 0 Å². The number of anilines is 1. The van der Waals surface area contributed by atoms with Crippen LogP contribution in [0.3, 0.4) is 0 Å². The summed E-state index contributed by atoms with van der Waals surface area (Å²) in [6.45, 7) is 1.69. The highest BCUT2D eigenvalue weighted by molar-refractivity contribution is 7.91. The van der Waals surface area contributed by atoms with Crippen LogP contribution in [0.4, 0.5) is 14.5 Å². The standard InChI is InChI=1S/C15H15F2NO2S/c1-2-21(19,20)14-6-4-13(5-7-14)18-10-11-9-12(16)3-8-15(11)17/h3-9,18H,2,10H2,1H3. The molecule has 112 valence electrons. The van der Waals surface area contributed by atoms with E-state index in [-0.39, 0.29) is 22.8 Å². The maximum atomic E-state index is 13.5. The van der Waals surface area contributed by atoms with E-state index in [0.717, 1.165) is 18.2 Å². The molecule has 0 aliphatic heterocycles. The molecule has 0 fully saturated rings. The van der Waals surface area contributed by atoms with Crippen molar-refractivity contribution >= 4 is 15.5 Å². The molecule has 2 rings (SSSR count). The maximum Gasteiger partial charge on any atom is 0.178 e. The molecule has 0 aliphatic rings. The van der Waals surface area contributed by atoms with E-state index in [2.05, 4.69) is 5.32 Å². The Balaban J connectivity index is 2.09. The molecule has 3 nitrogen and oxygen atoms in total. The average Bonchev–Trinajstić information content (AvgIpc) is 2.48. The fourth-order valence-corrected chi connectivity index (χ4v) is 2.71. The summed E-state index contributed by atoms with van der Waals surface area (Å²) in [4.78, 5) is 0.243. The van der Waals surface area contributed by atoms with Crippen molar-refractivity contribution in [3.05, 3.63) is 59.7 Å². The average molecular weight is 311 g/mol. The zero-order chi connectivity index (χ0) is 15.5. The lowest BCUT2D eigenvalue weighted by Gasteiger charge is -2.08. The molecule has 2 aromatic carbocycles. The van der Waals surface area contributed by atoms with Crippen molar-refractivity contribution in [3.8, 4) is 0 Å². The van der Waals surface area contributed by atoms with Crippen LogP contribution in [0, 0.1) is 11.6 Å². The summed E-state index contributed by atoms with van der Waals surface area (Å²) < 4.78 is 49.8. The van der Waals surface area contributed by atoms with Crippen LogP contribution in [0.5, 0.6) is 0 Å². The van der Waals surface area contributed by atoms with Gasteiger partial charge in [-0.3, -0.25) is 0 Å². The molecular formula is C15H15F2NO2S. The minimum Gasteiger partial charge on any atom is -0.381 e. The normalized spacial score (nSPS) is 11.4. The van der Waals surface area contributed by atoms with E-state index in [1.54, 1.807) is 19.1 Å². The van der Waals surface area contributed by atoms with E-state index in [1.807, 2.05) is 0 Å². The number of halogens is 2. The Hall–Kier alpha value is -1.95. The number of nitrogens with one attached hydrogen (secondary N) is 1. The van der Waals surface area contributed by atoms with Gasteiger partial charge in [0.15, 0.2) is 9.84 Å². The van der Waals surface area contributed by atoms with Gasteiger partial charge in [0.1, 0.15) is 11.6 Å². The predicted octanol–water partition coefficient (Wildman–Crippen LogP) is 3.37. The van der Waals surface area contributed by atoms with Crippen LogP contribution in [-0.2, 0) is 16.4 Å². The Labute approximate surface area is 122 Å². The number of sulfone groups is 1. The molecule has 0 saturated heterocycles. The molecule has 0 bridgehead atoms. The fourth-order valence-electron chi connectivity index (χ4n) is 1.82. The monoisotopic (exact) mass is 311 g/mol. The molecule has 2 aromatic rings. The van der Waals surface area contributed by atoms with E-state index < -0.39 is 21.5 Å². The van der Waals surface area contributed by atoms with Crippen LogP contribution in [0.15, 0.2) is 47.4 Å². The molecule has 0 aliphatic carbocycles. The van der Waals surface area contributed by atoms with E-state index >= 15 is 0 Å². The number of hydrogen-bond donors (Lipinski definition) is 1. The Kier molecular flexibility index (Phi) is 4.57. The van der Waals surface area contributed by atoms with Crippen LogP contribution in [-0.4, -0.2) is 14.2 Å². The Bertz CT molecular complexity index is 728. The van der Waals surface area contributed by atoms with Crippen LogP contribution >= 0.6 is 0 Å². The van der Waals surface area contributed by atoms with Crippen LogP contribution in [0.2, 0.25) is 0 Å². The summed E-state index contributed by atoms with van der Waals surface area (Å²) >= 11 is 0. The van der Waals surface area contributed by atoms with Gasteiger partial charge in [-0.15, -0.1) is 0 Å². The van der Waals surface area contributed by atoms with Crippen LogP contribution in [0.25, 0.3) is 0 Å². The van der Waals surface area contributed by atoms with Crippen LogP contribution < -0.4 is 5.32 Å². The highest BCUT2D eigenvalue weighted by Crippen LogP contribution is 2.17. The van der Waals surface area contributed by atoms with E-state index in [4.69, 9.17) is 0 Å². The molecule has 0 amide bonds. The van der Waals surface area contributed by atoms with Gasteiger partial charge >= 0.3 is 0 Å². The zero-order valence-electron chi connectivity index (χ0n) is 11.4. The quantitative estimate of drug-likeness (QED) is 0.921. The van der Waals surface area contributed by atoms with Crippen molar-refractivity contribution in [1.82, 2.24) is 0 Å². The SMILES string of the molecule is CCS(=O)(=O)c1ccc(NCc2cc(F)ccc2F)cc1. The third-order valence-electron chi connectivity index (χ3n) is 3.08. The van der Waals surface area contributed by atoms with Gasteiger partial charge < -0.3 is 5.32 Å². The van der Waals surface area contributed by atoms with Gasteiger partial charge in [-0.05, 0) is 42.5 Å². The van der Waals surface area contributed by atoms with Crippen LogP contribution in [0.1, 0.15) is 12.5 Å². The molecule has 0 unspecified atom stereocenters. The van der Waals surface area contributed by atoms with Gasteiger partial charge in [0, 0.05) is 17.8 Å². The molecule has 0 heterocycles. The lowest BCUT2D eigenvalue weighted by Crippen LogP contribution is -2.05. The second-order valence-corrected chi connectivity index (χ2v) is 6.80. The first-order chi connectivity index (χ1) is 9.92. The molecule has 0 radical (unpaired) electrons. The molecule has 0 saturated carbocycles. The summed E-state index contributed by atoms with van der Waals surface area (Å²) in [7, 11) is -3.23. The Morgan fingerprint density at radius 2 is 1.71 bits per heavy atom. The fraction of sp³-hybridized carbons (Fsp3) is 0.200. The maximum absolute atomic E-state index is 13.5. The Morgan fingerprint density at radius 1 is 1.05 bits per heavy atom. The van der Waals surface area contributed by atoms with Crippen molar-refractivity contribution in [2.75, 3.05) is 11.1 Å². The van der Waals surface area contributed by atoms with Crippen molar-refractivity contribution in [2.45, 2.75) is 18.4 Å². The molecule has 6 heteroatoms. The highest BCUT2D eigenvalue weighted by Gasteiger charge is 2.10. The number of benzene rings is 2. The summed E-state index contributed by atoms with van der Waals surface area (Å²) in [5.74, 6) is -0.958. The van der Waals surface area contributed by atoms with Crippen molar-refractivity contribution in [3.63, 3.8) is 0 Å². The summed E-state index contributed by atoms with van der Waals surface area (Å²) in [6, 6.07) is 9.43. The molecule has 0 aromatic heterocycles. The Morgan fingerprint density at radius 3 is 2.33 bits per heavy atom. The highest BCUT2D eigenvalue weighted by atomic mass is 32.2. The zero-order valence-corrected chi connectivity index (χ0v) is 12.3. The molecular weight excluding hydrogens is 296 g/mol. The van der Waals surface area contributed by atoms with E-state index in [9.17, 15) is 17.2 Å². The first-order valence-corrected chi connectivity index (χ1v) is 8.08. The smallest absolute Gasteiger partial charge is 0.178 e. The van der Waals surface area contributed by atoms with Crippen molar-refractivity contribution < 1.29 is 17.2 Å². The first kappa shape index (κ1) is 15.4. The topological polar surface area (TPSA) is 46.2 Å². The second kappa shape index (κ2) is 6.22. The molecule has 21 heavy (non-hydrogen) atoms. The largest absolute Gasteiger partial charge is 0.381 e. The summed E-state index contributed by atoms with van der Waals surface area (Å²) in [5.41, 5.74) is 0.842. The molecule has 0 spiro atoms. The minimum absolute atomic E-state index is 0.0360. The second-order valence-electron chi connectivity index (χ2n) is 4.52. The van der Waals surface area contributed by atoms with Gasteiger partial charge in [-0.25, -0.2) is 17.2 Å². The lowest BCUT2D eigenvalue weighted by atomic mass is 10.2. The number of rotatable bonds is 5.